The van der Waals surface area contributed by atoms with Gasteiger partial charge in [0, 0.05) is 13.1 Å². The predicted octanol–water partition coefficient (Wildman–Crippen LogP) is 1.39. The molecule has 2 unspecified atom stereocenters. The third-order valence-electron chi connectivity index (χ3n) is 3.43. The van der Waals surface area contributed by atoms with Gasteiger partial charge in [0.15, 0.2) is 5.82 Å². The summed E-state index contributed by atoms with van der Waals surface area (Å²) in [5.41, 5.74) is 7.38. The van der Waals surface area contributed by atoms with Crippen LogP contribution in [0.4, 0.5) is 11.5 Å². The Hall–Kier alpha value is -1.07. The van der Waals surface area contributed by atoms with Crippen molar-refractivity contribution >= 4 is 23.1 Å². The summed E-state index contributed by atoms with van der Waals surface area (Å²) in [6.07, 6.45) is 2.86. The van der Waals surface area contributed by atoms with Crippen LogP contribution in [0.1, 0.15) is 18.5 Å². The van der Waals surface area contributed by atoms with Gasteiger partial charge in [-0.25, -0.2) is 4.98 Å². The summed E-state index contributed by atoms with van der Waals surface area (Å²) in [4.78, 5) is 10.5. The van der Waals surface area contributed by atoms with E-state index in [0.717, 1.165) is 37.4 Å². The number of fused-ring (bicyclic) bond motifs is 2. The van der Waals surface area contributed by atoms with Gasteiger partial charge in [-0.15, -0.1) is 0 Å². The van der Waals surface area contributed by atoms with E-state index in [1.165, 1.54) is 0 Å². The van der Waals surface area contributed by atoms with Crippen molar-refractivity contribution in [2.45, 2.75) is 32.0 Å². The van der Waals surface area contributed by atoms with E-state index in [1.807, 2.05) is 6.92 Å². The SMILES string of the molecule is Cc1nc(Cl)nc(N2CC3CCC(C2)O3)c1N. The zero-order valence-electron chi connectivity index (χ0n) is 9.69. The third kappa shape index (κ3) is 1.93. The van der Waals surface area contributed by atoms with Gasteiger partial charge in [0.1, 0.15) is 0 Å². The number of nitrogen functional groups attached to an aromatic ring is 1. The van der Waals surface area contributed by atoms with Gasteiger partial charge in [0.05, 0.1) is 23.6 Å². The fourth-order valence-corrected chi connectivity index (χ4v) is 2.77. The highest BCUT2D eigenvalue weighted by Gasteiger charge is 2.35. The monoisotopic (exact) mass is 254 g/mol. The van der Waals surface area contributed by atoms with Gasteiger partial charge in [0.25, 0.3) is 0 Å². The van der Waals surface area contributed by atoms with Crippen LogP contribution in [-0.2, 0) is 4.74 Å². The van der Waals surface area contributed by atoms with Gasteiger partial charge in [-0.1, -0.05) is 0 Å². The van der Waals surface area contributed by atoms with Crippen LogP contribution in [0.3, 0.4) is 0 Å². The molecular formula is C11H15ClN4O. The van der Waals surface area contributed by atoms with Gasteiger partial charge >= 0.3 is 0 Å². The Kier molecular flexibility index (Phi) is 2.60. The van der Waals surface area contributed by atoms with Crippen molar-refractivity contribution in [2.24, 2.45) is 0 Å². The van der Waals surface area contributed by atoms with Crippen LogP contribution < -0.4 is 10.6 Å². The molecule has 2 aliphatic rings. The van der Waals surface area contributed by atoms with Crippen molar-refractivity contribution in [1.82, 2.24) is 9.97 Å². The zero-order valence-corrected chi connectivity index (χ0v) is 10.4. The normalized spacial score (nSPS) is 27.5. The number of halogens is 1. The Morgan fingerprint density at radius 2 is 1.94 bits per heavy atom. The van der Waals surface area contributed by atoms with Crippen molar-refractivity contribution in [2.75, 3.05) is 23.7 Å². The van der Waals surface area contributed by atoms with E-state index in [9.17, 15) is 0 Å². The Morgan fingerprint density at radius 1 is 1.29 bits per heavy atom. The molecule has 2 atom stereocenters. The van der Waals surface area contributed by atoms with Crippen LogP contribution >= 0.6 is 11.6 Å². The lowest BCUT2D eigenvalue weighted by atomic mass is 10.2. The van der Waals surface area contributed by atoms with E-state index >= 15 is 0 Å². The van der Waals surface area contributed by atoms with Gasteiger partial charge in [-0.3, -0.25) is 0 Å². The Bertz CT molecular complexity index is 441. The summed E-state index contributed by atoms with van der Waals surface area (Å²) in [6.45, 7) is 3.53. The molecule has 0 amide bonds. The number of aryl methyl sites for hydroxylation is 1. The van der Waals surface area contributed by atoms with E-state index < -0.39 is 0 Å². The molecule has 0 spiro atoms. The number of anilines is 2. The Morgan fingerprint density at radius 3 is 2.59 bits per heavy atom. The van der Waals surface area contributed by atoms with E-state index in [-0.39, 0.29) is 5.28 Å². The quantitative estimate of drug-likeness (QED) is 0.768. The summed E-state index contributed by atoms with van der Waals surface area (Å²) in [5.74, 6) is 0.753. The lowest BCUT2D eigenvalue weighted by Gasteiger charge is -2.33. The molecule has 2 bridgehead atoms. The fourth-order valence-electron chi connectivity index (χ4n) is 2.56. The largest absolute Gasteiger partial charge is 0.394 e. The lowest BCUT2D eigenvalue weighted by Crippen LogP contribution is -2.43. The van der Waals surface area contributed by atoms with Crippen LogP contribution in [-0.4, -0.2) is 35.3 Å². The fraction of sp³-hybridized carbons (Fsp3) is 0.636. The molecule has 92 valence electrons. The summed E-state index contributed by atoms with van der Waals surface area (Å²) in [5, 5.41) is 0.255. The molecular weight excluding hydrogens is 240 g/mol. The Balaban J connectivity index is 1.94. The first-order valence-corrected chi connectivity index (χ1v) is 6.21. The first kappa shape index (κ1) is 11.0. The predicted molar refractivity (Wildman–Crippen MR) is 66.3 cm³/mol. The molecule has 1 aromatic heterocycles. The molecule has 17 heavy (non-hydrogen) atoms. The third-order valence-corrected chi connectivity index (χ3v) is 3.60. The van der Waals surface area contributed by atoms with E-state index in [1.54, 1.807) is 0 Å². The van der Waals surface area contributed by atoms with Gasteiger partial charge < -0.3 is 15.4 Å². The van der Waals surface area contributed by atoms with E-state index in [0.29, 0.717) is 17.9 Å². The molecule has 2 aliphatic heterocycles. The van der Waals surface area contributed by atoms with Crippen LogP contribution in [0.15, 0.2) is 0 Å². The average molecular weight is 255 g/mol. The number of ether oxygens (including phenoxy) is 1. The second kappa shape index (κ2) is 3.99. The van der Waals surface area contributed by atoms with Gasteiger partial charge in [-0.05, 0) is 31.4 Å². The highest BCUT2D eigenvalue weighted by molar-refractivity contribution is 6.28. The lowest BCUT2D eigenvalue weighted by molar-refractivity contribution is 0.0302. The van der Waals surface area contributed by atoms with Gasteiger partial charge in [-0.2, -0.15) is 4.98 Å². The first-order chi connectivity index (χ1) is 8.13. The maximum Gasteiger partial charge on any atom is 0.224 e. The smallest absolute Gasteiger partial charge is 0.224 e. The minimum Gasteiger partial charge on any atom is -0.394 e. The maximum atomic E-state index is 6.03. The maximum absolute atomic E-state index is 6.03. The minimum absolute atomic E-state index is 0.255. The van der Waals surface area contributed by atoms with Crippen LogP contribution in [0.2, 0.25) is 5.28 Å². The van der Waals surface area contributed by atoms with E-state index in [2.05, 4.69) is 14.9 Å². The standard InChI is InChI=1S/C11H15ClN4O/c1-6-9(13)10(15-11(12)14-6)16-4-7-2-3-8(5-16)17-7/h7-8H,2-5,13H2,1H3. The van der Waals surface area contributed by atoms with Crippen molar-refractivity contribution in [3.63, 3.8) is 0 Å². The highest BCUT2D eigenvalue weighted by atomic mass is 35.5. The summed E-state index contributed by atoms with van der Waals surface area (Å²) in [7, 11) is 0. The molecule has 0 aliphatic carbocycles. The molecule has 2 N–H and O–H groups in total. The van der Waals surface area contributed by atoms with Crippen molar-refractivity contribution in [1.29, 1.82) is 0 Å². The molecule has 0 saturated carbocycles. The zero-order chi connectivity index (χ0) is 12.0. The Labute approximate surface area is 105 Å². The second-order valence-corrected chi connectivity index (χ2v) is 5.02. The number of hydrogen-bond acceptors (Lipinski definition) is 5. The molecule has 0 aromatic carbocycles. The molecule has 0 radical (unpaired) electrons. The van der Waals surface area contributed by atoms with Gasteiger partial charge in [0.2, 0.25) is 5.28 Å². The first-order valence-electron chi connectivity index (χ1n) is 5.83. The van der Waals surface area contributed by atoms with Crippen LogP contribution in [0.5, 0.6) is 0 Å². The number of aromatic nitrogens is 2. The molecule has 2 saturated heterocycles. The van der Waals surface area contributed by atoms with Crippen molar-refractivity contribution in [3.05, 3.63) is 11.0 Å². The average Bonchev–Trinajstić information content (AvgIpc) is 2.63. The number of hydrogen-bond donors (Lipinski definition) is 1. The summed E-state index contributed by atoms with van der Waals surface area (Å²) in [6, 6.07) is 0. The number of rotatable bonds is 1. The summed E-state index contributed by atoms with van der Waals surface area (Å²) >= 11 is 5.89. The molecule has 6 heteroatoms. The molecule has 3 rings (SSSR count). The van der Waals surface area contributed by atoms with Crippen molar-refractivity contribution < 1.29 is 4.74 Å². The topological polar surface area (TPSA) is 64.3 Å². The highest BCUT2D eigenvalue weighted by Crippen LogP contribution is 2.32. The molecule has 3 heterocycles. The van der Waals surface area contributed by atoms with E-state index in [4.69, 9.17) is 22.1 Å². The summed E-state index contributed by atoms with van der Waals surface area (Å²) < 4.78 is 5.79. The minimum atomic E-state index is 0.255. The van der Waals surface area contributed by atoms with Crippen LogP contribution in [0, 0.1) is 6.92 Å². The second-order valence-electron chi connectivity index (χ2n) is 4.68. The molecule has 2 fully saturated rings. The number of nitrogens with zero attached hydrogens (tertiary/aromatic N) is 3. The molecule has 1 aromatic rings. The van der Waals surface area contributed by atoms with Crippen molar-refractivity contribution in [3.8, 4) is 0 Å². The van der Waals surface area contributed by atoms with Crippen LogP contribution in [0.25, 0.3) is 0 Å². The number of nitrogens with two attached hydrogens (primary N) is 1. The number of morpholine rings is 1. The molecule has 5 nitrogen and oxygen atoms in total.